The van der Waals surface area contributed by atoms with Crippen LogP contribution in [0.4, 0.5) is 0 Å². The third-order valence-electron chi connectivity index (χ3n) is 2.43. The number of hydrogen-bond donors (Lipinski definition) is 1. The number of thiazole rings is 1. The zero-order valence-electron chi connectivity index (χ0n) is 9.84. The number of rotatable bonds is 6. The lowest BCUT2D eigenvalue weighted by Crippen LogP contribution is -2.20. The maximum Gasteiger partial charge on any atom is 0.0897 e. The van der Waals surface area contributed by atoms with Crippen LogP contribution >= 0.6 is 11.3 Å². The van der Waals surface area contributed by atoms with Gasteiger partial charge < -0.3 is 5.32 Å². The Kier molecular flexibility index (Phi) is 4.99. The Balaban J connectivity index is 2.69. The molecule has 0 aliphatic carbocycles. The summed E-state index contributed by atoms with van der Waals surface area (Å²) in [5.74, 6) is 0. The minimum absolute atomic E-state index is 0.397. The van der Waals surface area contributed by atoms with E-state index in [2.05, 4.69) is 30.7 Å². The molecule has 0 radical (unpaired) electrons. The highest BCUT2D eigenvalue weighted by Crippen LogP contribution is 2.26. The molecule has 15 heavy (non-hydrogen) atoms. The first-order valence-electron chi connectivity index (χ1n) is 5.49. The summed E-state index contributed by atoms with van der Waals surface area (Å²) < 4.78 is 0. The van der Waals surface area contributed by atoms with E-state index in [4.69, 9.17) is 0 Å². The van der Waals surface area contributed by atoms with Gasteiger partial charge in [0.25, 0.3) is 0 Å². The lowest BCUT2D eigenvalue weighted by Gasteiger charge is -2.16. The van der Waals surface area contributed by atoms with Gasteiger partial charge in [-0.05, 0) is 26.3 Å². The van der Waals surface area contributed by atoms with E-state index in [0.717, 1.165) is 24.4 Å². The van der Waals surface area contributed by atoms with E-state index in [-0.39, 0.29) is 0 Å². The third-order valence-corrected chi connectivity index (χ3v) is 3.45. The first-order valence-corrected chi connectivity index (χ1v) is 6.31. The van der Waals surface area contributed by atoms with E-state index in [1.165, 1.54) is 10.5 Å². The van der Waals surface area contributed by atoms with E-state index < -0.39 is 0 Å². The van der Waals surface area contributed by atoms with Crippen LogP contribution in [0, 0.1) is 6.92 Å². The Labute approximate surface area is 96.4 Å². The average molecular weight is 224 g/mol. The highest BCUT2D eigenvalue weighted by molar-refractivity contribution is 7.11. The van der Waals surface area contributed by atoms with Crippen LogP contribution in [0.25, 0.3) is 0 Å². The van der Waals surface area contributed by atoms with E-state index in [9.17, 15) is 0 Å². The van der Waals surface area contributed by atoms with Crippen LogP contribution in [0.3, 0.4) is 0 Å². The molecule has 3 heteroatoms. The fourth-order valence-electron chi connectivity index (χ4n) is 1.49. The maximum absolute atomic E-state index is 4.30. The molecule has 0 spiro atoms. The zero-order chi connectivity index (χ0) is 11.3. The Morgan fingerprint density at radius 3 is 2.80 bits per heavy atom. The molecule has 0 fully saturated rings. The lowest BCUT2D eigenvalue weighted by atomic mass is 10.0. The topological polar surface area (TPSA) is 24.9 Å². The van der Waals surface area contributed by atoms with Crippen molar-refractivity contribution in [1.82, 2.24) is 10.3 Å². The average Bonchev–Trinajstić information content (AvgIpc) is 2.64. The number of aromatic nitrogens is 1. The highest BCUT2D eigenvalue weighted by Gasteiger charge is 2.13. The third kappa shape index (κ3) is 3.76. The van der Waals surface area contributed by atoms with Crippen LogP contribution in [-0.2, 0) is 0 Å². The summed E-state index contributed by atoms with van der Waals surface area (Å²) in [6, 6.07) is 0.397. The van der Waals surface area contributed by atoms with Crippen molar-refractivity contribution in [2.24, 2.45) is 0 Å². The molecular formula is C12H20N2S. The van der Waals surface area contributed by atoms with Crippen molar-refractivity contribution >= 4 is 11.3 Å². The van der Waals surface area contributed by atoms with Gasteiger partial charge >= 0.3 is 0 Å². The zero-order valence-corrected chi connectivity index (χ0v) is 10.7. The number of nitrogens with zero attached hydrogens (tertiary/aromatic N) is 1. The summed E-state index contributed by atoms with van der Waals surface area (Å²) in [5.41, 5.74) is 1.30. The molecule has 1 atom stereocenters. The summed E-state index contributed by atoms with van der Waals surface area (Å²) in [4.78, 5) is 5.62. The van der Waals surface area contributed by atoms with Crippen molar-refractivity contribution in [3.05, 3.63) is 28.2 Å². The second-order valence-corrected chi connectivity index (χ2v) is 4.97. The van der Waals surface area contributed by atoms with Gasteiger partial charge in [-0.2, -0.15) is 0 Å². The van der Waals surface area contributed by atoms with Gasteiger partial charge in [-0.3, -0.25) is 0 Å². The summed E-state index contributed by atoms with van der Waals surface area (Å²) in [5, 5.41) is 4.62. The van der Waals surface area contributed by atoms with Crippen molar-refractivity contribution in [1.29, 1.82) is 0 Å². The van der Waals surface area contributed by atoms with Crippen LogP contribution < -0.4 is 5.32 Å². The van der Waals surface area contributed by atoms with Crippen LogP contribution in [0.1, 0.15) is 42.6 Å². The lowest BCUT2D eigenvalue weighted by molar-refractivity contribution is 0.550. The van der Waals surface area contributed by atoms with Crippen LogP contribution in [0.5, 0.6) is 0 Å². The molecule has 1 unspecified atom stereocenters. The number of hydrogen-bond acceptors (Lipinski definition) is 3. The molecule has 1 heterocycles. The van der Waals surface area contributed by atoms with Gasteiger partial charge in [-0.25, -0.2) is 4.98 Å². The van der Waals surface area contributed by atoms with E-state index in [0.29, 0.717) is 6.04 Å². The van der Waals surface area contributed by atoms with Crippen molar-refractivity contribution in [2.75, 3.05) is 6.54 Å². The maximum atomic E-state index is 4.30. The molecule has 1 aromatic rings. The molecule has 0 aromatic carbocycles. The SMILES string of the molecule is C=C(CC)CC(NCC)c1cnc(C)s1. The van der Waals surface area contributed by atoms with Crippen molar-refractivity contribution < 1.29 is 0 Å². The summed E-state index contributed by atoms with van der Waals surface area (Å²) >= 11 is 1.77. The fourth-order valence-corrected chi connectivity index (χ4v) is 2.35. The molecule has 0 bridgehead atoms. The van der Waals surface area contributed by atoms with Gasteiger partial charge in [0.1, 0.15) is 0 Å². The molecule has 0 saturated carbocycles. The molecule has 1 rings (SSSR count). The van der Waals surface area contributed by atoms with Gasteiger partial charge in [0, 0.05) is 17.1 Å². The molecule has 0 aliphatic rings. The van der Waals surface area contributed by atoms with Crippen LogP contribution in [0.15, 0.2) is 18.3 Å². The van der Waals surface area contributed by atoms with Crippen molar-refractivity contribution in [3.8, 4) is 0 Å². The molecular weight excluding hydrogens is 204 g/mol. The van der Waals surface area contributed by atoms with Gasteiger partial charge in [0.05, 0.1) is 5.01 Å². The Morgan fingerprint density at radius 2 is 2.33 bits per heavy atom. The molecule has 0 aliphatic heterocycles. The minimum Gasteiger partial charge on any atom is -0.309 e. The first kappa shape index (κ1) is 12.4. The second-order valence-electron chi connectivity index (χ2n) is 3.70. The van der Waals surface area contributed by atoms with E-state index in [1.807, 2.05) is 13.1 Å². The molecule has 0 saturated heterocycles. The first-order chi connectivity index (χ1) is 7.17. The Morgan fingerprint density at radius 1 is 1.60 bits per heavy atom. The molecule has 84 valence electrons. The molecule has 1 N–H and O–H groups in total. The standard InChI is InChI=1S/C12H20N2S/c1-5-9(3)7-11(13-6-2)12-8-14-10(4)15-12/h8,11,13H,3,5-7H2,1-2,4H3. The van der Waals surface area contributed by atoms with Crippen molar-refractivity contribution in [2.45, 2.75) is 39.7 Å². The number of nitrogens with one attached hydrogen (secondary N) is 1. The van der Waals surface area contributed by atoms with Crippen molar-refractivity contribution in [3.63, 3.8) is 0 Å². The molecule has 1 aromatic heterocycles. The normalized spacial score (nSPS) is 12.7. The molecule has 2 nitrogen and oxygen atoms in total. The molecule has 0 amide bonds. The number of aryl methyl sites for hydroxylation is 1. The minimum atomic E-state index is 0.397. The van der Waals surface area contributed by atoms with Gasteiger partial charge in [-0.15, -0.1) is 11.3 Å². The smallest absolute Gasteiger partial charge is 0.0897 e. The predicted octanol–water partition coefficient (Wildman–Crippen LogP) is 3.46. The summed E-state index contributed by atoms with van der Waals surface area (Å²) in [6.45, 7) is 11.4. The van der Waals surface area contributed by atoms with Gasteiger partial charge in [0.15, 0.2) is 0 Å². The van der Waals surface area contributed by atoms with E-state index in [1.54, 1.807) is 11.3 Å². The predicted molar refractivity (Wildman–Crippen MR) is 67.3 cm³/mol. The highest BCUT2D eigenvalue weighted by atomic mass is 32.1. The monoisotopic (exact) mass is 224 g/mol. The van der Waals surface area contributed by atoms with Crippen LogP contribution in [0.2, 0.25) is 0 Å². The van der Waals surface area contributed by atoms with Gasteiger partial charge in [-0.1, -0.05) is 26.0 Å². The Bertz CT molecular complexity index is 317. The largest absolute Gasteiger partial charge is 0.309 e. The summed E-state index contributed by atoms with van der Waals surface area (Å²) in [6.07, 6.45) is 4.06. The fraction of sp³-hybridized carbons (Fsp3) is 0.583. The van der Waals surface area contributed by atoms with Crippen LogP contribution in [-0.4, -0.2) is 11.5 Å². The second kappa shape index (κ2) is 6.03. The Hall–Kier alpha value is -0.670. The van der Waals surface area contributed by atoms with Gasteiger partial charge in [0.2, 0.25) is 0 Å². The van der Waals surface area contributed by atoms with E-state index >= 15 is 0 Å². The quantitative estimate of drug-likeness (QED) is 0.749. The summed E-state index contributed by atoms with van der Waals surface area (Å²) in [7, 11) is 0.